The number of nitrogens with one attached hydrogen (secondary N) is 1. The van der Waals surface area contributed by atoms with Gasteiger partial charge in [0.2, 0.25) is 0 Å². The Morgan fingerprint density at radius 2 is 2.20 bits per heavy atom. The predicted molar refractivity (Wildman–Crippen MR) is 80.2 cm³/mol. The highest BCUT2D eigenvalue weighted by molar-refractivity contribution is 6.33. The van der Waals surface area contributed by atoms with Gasteiger partial charge in [-0.05, 0) is 37.7 Å². The fourth-order valence-corrected chi connectivity index (χ4v) is 3.87. The molecule has 3 rings (SSSR count). The first kappa shape index (κ1) is 13.7. The smallest absolute Gasteiger partial charge is 0.255 e. The third-order valence-electron chi connectivity index (χ3n) is 4.58. The molecule has 108 valence electrons. The summed E-state index contributed by atoms with van der Waals surface area (Å²) in [5.74, 6) is 1.40. The SMILES string of the molecule is CNc1ncc(C(=O)N2CCCC3CCCC32)cc1Cl. The summed E-state index contributed by atoms with van der Waals surface area (Å²) in [6.07, 6.45) is 7.67. The Labute approximate surface area is 124 Å². The average molecular weight is 294 g/mol. The largest absolute Gasteiger partial charge is 0.372 e. The molecule has 5 heteroatoms. The number of carbonyl (C=O) groups is 1. The minimum absolute atomic E-state index is 0.0821. The average Bonchev–Trinajstić information content (AvgIpc) is 2.94. The molecule has 20 heavy (non-hydrogen) atoms. The highest BCUT2D eigenvalue weighted by Crippen LogP contribution is 2.37. The number of pyridine rings is 1. The zero-order valence-electron chi connectivity index (χ0n) is 11.7. The molecule has 1 saturated carbocycles. The van der Waals surface area contributed by atoms with Gasteiger partial charge in [0.15, 0.2) is 0 Å². The summed E-state index contributed by atoms with van der Waals surface area (Å²) in [5.41, 5.74) is 0.599. The monoisotopic (exact) mass is 293 g/mol. The maximum atomic E-state index is 12.7. The molecule has 0 aromatic carbocycles. The molecule has 1 saturated heterocycles. The van der Waals surface area contributed by atoms with Crippen LogP contribution >= 0.6 is 11.6 Å². The molecule has 1 amide bonds. The molecule has 1 N–H and O–H groups in total. The van der Waals surface area contributed by atoms with Crippen molar-refractivity contribution in [2.75, 3.05) is 18.9 Å². The fourth-order valence-electron chi connectivity index (χ4n) is 3.61. The minimum Gasteiger partial charge on any atom is -0.372 e. The standard InChI is InChI=1S/C15H20ClN3O/c1-17-14-12(16)8-11(9-18-14)15(20)19-7-3-5-10-4-2-6-13(10)19/h8-10,13H,2-7H2,1H3,(H,17,18). The van der Waals surface area contributed by atoms with Crippen LogP contribution in [0.1, 0.15) is 42.5 Å². The Hall–Kier alpha value is -1.29. The number of hydrogen-bond donors (Lipinski definition) is 1. The van der Waals surface area contributed by atoms with E-state index in [9.17, 15) is 4.79 Å². The van der Waals surface area contributed by atoms with E-state index in [0.717, 1.165) is 19.4 Å². The molecule has 2 fully saturated rings. The van der Waals surface area contributed by atoms with Gasteiger partial charge in [0, 0.05) is 25.8 Å². The van der Waals surface area contributed by atoms with Crippen molar-refractivity contribution in [3.8, 4) is 0 Å². The van der Waals surface area contributed by atoms with Gasteiger partial charge in [-0.15, -0.1) is 0 Å². The summed E-state index contributed by atoms with van der Waals surface area (Å²) in [7, 11) is 1.77. The Kier molecular flexibility index (Phi) is 3.83. The predicted octanol–water partition coefficient (Wildman–Crippen LogP) is 3.18. The maximum absolute atomic E-state index is 12.7. The van der Waals surface area contributed by atoms with Crippen LogP contribution in [0.3, 0.4) is 0 Å². The molecule has 1 aliphatic heterocycles. The third-order valence-corrected chi connectivity index (χ3v) is 4.87. The molecule has 0 spiro atoms. The Bertz CT molecular complexity index is 520. The van der Waals surface area contributed by atoms with E-state index in [4.69, 9.17) is 11.6 Å². The number of aromatic nitrogens is 1. The van der Waals surface area contributed by atoms with Gasteiger partial charge in [-0.2, -0.15) is 0 Å². The number of rotatable bonds is 2. The lowest BCUT2D eigenvalue weighted by Gasteiger charge is -2.37. The molecule has 2 unspecified atom stereocenters. The van der Waals surface area contributed by atoms with Crippen LogP contribution in [0.25, 0.3) is 0 Å². The Morgan fingerprint density at radius 1 is 1.40 bits per heavy atom. The second kappa shape index (κ2) is 5.60. The van der Waals surface area contributed by atoms with Gasteiger partial charge in [0.05, 0.1) is 10.6 Å². The molecule has 0 bridgehead atoms. The number of nitrogens with zero attached hydrogens (tertiary/aromatic N) is 2. The molecule has 1 aromatic heterocycles. The van der Waals surface area contributed by atoms with Gasteiger partial charge in [-0.1, -0.05) is 18.0 Å². The Morgan fingerprint density at radius 3 is 2.95 bits per heavy atom. The quantitative estimate of drug-likeness (QED) is 0.911. The molecule has 4 nitrogen and oxygen atoms in total. The van der Waals surface area contributed by atoms with Crippen LogP contribution < -0.4 is 5.32 Å². The van der Waals surface area contributed by atoms with E-state index in [0.29, 0.717) is 28.4 Å². The number of halogens is 1. The van der Waals surface area contributed by atoms with Gasteiger partial charge >= 0.3 is 0 Å². The minimum atomic E-state index is 0.0821. The van der Waals surface area contributed by atoms with Gasteiger partial charge in [-0.3, -0.25) is 4.79 Å². The summed E-state index contributed by atoms with van der Waals surface area (Å²) in [5, 5.41) is 3.41. The van der Waals surface area contributed by atoms with E-state index in [2.05, 4.69) is 10.3 Å². The topological polar surface area (TPSA) is 45.2 Å². The van der Waals surface area contributed by atoms with Gasteiger partial charge in [0.25, 0.3) is 5.91 Å². The molecule has 2 aliphatic rings. The number of anilines is 1. The van der Waals surface area contributed by atoms with Crippen LogP contribution in [0.5, 0.6) is 0 Å². The van der Waals surface area contributed by atoms with Crippen molar-refractivity contribution in [3.63, 3.8) is 0 Å². The van der Waals surface area contributed by atoms with E-state index < -0.39 is 0 Å². The molecule has 1 aromatic rings. The molecular formula is C15H20ClN3O. The molecule has 2 heterocycles. The van der Waals surface area contributed by atoms with Crippen LogP contribution in [0, 0.1) is 5.92 Å². The number of hydrogen-bond acceptors (Lipinski definition) is 3. The van der Waals surface area contributed by atoms with E-state index in [1.54, 1.807) is 19.3 Å². The van der Waals surface area contributed by atoms with E-state index in [1.807, 2.05) is 4.90 Å². The first-order valence-corrected chi connectivity index (χ1v) is 7.73. The number of amides is 1. The van der Waals surface area contributed by atoms with E-state index in [1.165, 1.54) is 19.3 Å². The lowest BCUT2D eigenvalue weighted by atomic mass is 9.91. The summed E-state index contributed by atoms with van der Waals surface area (Å²) in [6.45, 7) is 0.866. The number of fused-ring (bicyclic) bond motifs is 1. The van der Waals surface area contributed by atoms with Crippen molar-refractivity contribution in [2.24, 2.45) is 5.92 Å². The van der Waals surface area contributed by atoms with Crippen LogP contribution in [-0.2, 0) is 0 Å². The number of likely N-dealkylation sites (tertiary alicyclic amines) is 1. The second-order valence-corrected chi connectivity index (χ2v) is 6.11. The van der Waals surface area contributed by atoms with Gasteiger partial charge in [0.1, 0.15) is 5.82 Å². The second-order valence-electron chi connectivity index (χ2n) is 5.70. The highest BCUT2D eigenvalue weighted by atomic mass is 35.5. The van der Waals surface area contributed by atoms with Crippen molar-refractivity contribution >= 4 is 23.3 Å². The summed E-state index contributed by atoms with van der Waals surface area (Å²) in [4.78, 5) is 19.0. The molecule has 1 aliphatic carbocycles. The van der Waals surface area contributed by atoms with Gasteiger partial charge < -0.3 is 10.2 Å². The number of carbonyl (C=O) groups excluding carboxylic acids is 1. The zero-order valence-corrected chi connectivity index (χ0v) is 12.5. The van der Waals surface area contributed by atoms with Crippen molar-refractivity contribution in [2.45, 2.75) is 38.1 Å². The lowest BCUT2D eigenvalue weighted by Crippen LogP contribution is -2.46. The zero-order chi connectivity index (χ0) is 14.1. The van der Waals surface area contributed by atoms with E-state index >= 15 is 0 Å². The van der Waals surface area contributed by atoms with Crippen LogP contribution in [0.4, 0.5) is 5.82 Å². The highest BCUT2D eigenvalue weighted by Gasteiger charge is 2.37. The molecular weight excluding hydrogens is 274 g/mol. The van der Waals surface area contributed by atoms with Crippen molar-refractivity contribution in [1.82, 2.24) is 9.88 Å². The van der Waals surface area contributed by atoms with Crippen LogP contribution in [0.2, 0.25) is 5.02 Å². The van der Waals surface area contributed by atoms with E-state index in [-0.39, 0.29) is 5.91 Å². The first-order chi connectivity index (χ1) is 9.70. The van der Waals surface area contributed by atoms with Gasteiger partial charge in [-0.25, -0.2) is 4.98 Å². The lowest BCUT2D eigenvalue weighted by molar-refractivity contribution is 0.0548. The van der Waals surface area contributed by atoms with Crippen LogP contribution in [-0.4, -0.2) is 35.4 Å². The molecule has 0 radical (unpaired) electrons. The fraction of sp³-hybridized carbons (Fsp3) is 0.600. The van der Waals surface area contributed by atoms with Crippen LogP contribution in [0.15, 0.2) is 12.3 Å². The Balaban J connectivity index is 1.82. The molecule has 2 atom stereocenters. The summed E-state index contributed by atoms with van der Waals surface area (Å²) in [6, 6.07) is 2.15. The summed E-state index contributed by atoms with van der Waals surface area (Å²) >= 11 is 6.13. The number of piperidine rings is 1. The van der Waals surface area contributed by atoms with Crippen molar-refractivity contribution in [1.29, 1.82) is 0 Å². The maximum Gasteiger partial charge on any atom is 0.255 e. The summed E-state index contributed by atoms with van der Waals surface area (Å²) < 4.78 is 0. The van der Waals surface area contributed by atoms with Crippen molar-refractivity contribution < 1.29 is 4.79 Å². The normalized spacial score (nSPS) is 25.4. The first-order valence-electron chi connectivity index (χ1n) is 7.35. The third kappa shape index (κ3) is 2.37. The van der Waals surface area contributed by atoms with Crippen molar-refractivity contribution in [3.05, 3.63) is 22.8 Å².